The van der Waals surface area contributed by atoms with Gasteiger partial charge in [0.2, 0.25) is 0 Å². The molecule has 2 aromatic heterocycles. The van der Waals surface area contributed by atoms with Crippen LogP contribution in [0.2, 0.25) is 4.34 Å². The number of thiophene rings is 1. The Hall–Kier alpha value is -2.38. The highest BCUT2D eigenvalue weighted by molar-refractivity contribution is 7.18. The van der Waals surface area contributed by atoms with E-state index < -0.39 is 4.92 Å². The molecule has 22 heavy (non-hydrogen) atoms. The number of para-hydroxylation sites is 1. The molecule has 0 aliphatic rings. The van der Waals surface area contributed by atoms with Gasteiger partial charge < -0.3 is 5.73 Å². The van der Waals surface area contributed by atoms with E-state index in [-0.39, 0.29) is 20.8 Å². The molecule has 8 heteroatoms. The minimum atomic E-state index is -0.607. The molecule has 0 saturated carbocycles. The highest BCUT2D eigenvalue weighted by Crippen LogP contribution is 2.36. The van der Waals surface area contributed by atoms with Gasteiger partial charge in [-0.3, -0.25) is 19.5 Å². The minimum Gasteiger partial charge on any atom is -0.397 e. The lowest BCUT2D eigenvalue weighted by Gasteiger charge is -2.04. The van der Waals surface area contributed by atoms with Crippen LogP contribution < -0.4 is 5.73 Å². The molecule has 112 valence electrons. The summed E-state index contributed by atoms with van der Waals surface area (Å²) in [6, 6.07) is 8.43. The molecule has 0 aliphatic heterocycles. The number of benzene rings is 1. The van der Waals surface area contributed by atoms with Crippen molar-refractivity contribution in [1.82, 2.24) is 4.57 Å². The molecule has 1 aromatic carbocycles. The first-order valence-electron chi connectivity index (χ1n) is 6.25. The number of nitrogen functional groups attached to an aromatic ring is 1. The predicted molar refractivity (Wildman–Crippen MR) is 86.8 cm³/mol. The van der Waals surface area contributed by atoms with E-state index in [0.29, 0.717) is 16.9 Å². The van der Waals surface area contributed by atoms with Crippen LogP contribution in [-0.2, 0) is 0 Å². The van der Waals surface area contributed by atoms with Crippen molar-refractivity contribution >= 4 is 51.1 Å². The Morgan fingerprint density at radius 2 is 2.09 bits per heavy atom. The number of carbonyl (C=O) groups is 1. The molecule has 2 N–H and O–H groups in total. The molecule has 3 aromatic rings. The monoisotopic (exact) mass is 335 g/mol. The molecule has 0 fully saturated rings. The van der Waals surface area contributed by atoms with Crippen molar-refractivity contribution in [2.45, 2.75) is 6.92 Å². The number of anilines is 1. The second kappa shape index (κ2) is 5.11. The fraction of sp³-hybridized carbons (Fsp3) is 0.0714. The van der Waals surface area contributed by atoms with Gasteiger partial charge in [-0.2, -0.15) is 0 Å². The predicted octanol–water partition coefficient (Wildman–Crippen LogP) is 3.84. The van der Waals surface area contributed by atoms with Crippen LogP contribution in [0.5, 0.6) is 0 Å². The molecule has 3 rings (SSSR count). The average Bonchev–Trinajstić information content (AvgIpc) is 2.99. The number of nitro groups is 1. The number of nitrogens with two attached hydrogens (primary N) is 1. The smallest absolute Gasteiger partial charge is 0.299 e. The first-order chi connectivity index (χ1) is 10.4. The van der Waals surface area contributed by atoms with Gasteiger partial charge in [-0.15, -0.1) is 11.3 Å². The number of rotatable bonds is 2. The fourth-order valence-corrected chi connectivity index (χ4v) is 3.51. The van der Waals surface area contributed by atoms with Crippen molar-refractivity contribution in [3.63, 3.8) is 0 Å². The van der Waals surface area contributed by atoms with Crippen LogP contribution in [0, 0.1) is 17.0 Å². The van der Waals surface area contributed by atoms with Gasteiger partial charge in [0.25, 0.3) is 11.6 Å². The number of aromatic nitrogens is 1. The Balaban J connectivity index is 2.20. The van der Waals surface area contributed by atoms with Gasteiger partial charge in [0.05, 0.1) is 16.1 Å². The van der Waals surface area contributed by atoms with Gasteiger partial charge >= 0.3 is 0 Å². The molecule has 0 unspecified atom stereocenters. The van der Waals surface area contributed by atoms with Gasteiger partial charge in [-0.25, -0.2) is 0 Å². The van der Waals surface area contributed by atoms with Crippen molar-refractivity contribution < 1.29 is 9.72 Å². The highest BCUT2D eigenvalue weighted by atomic mass is 35.5. The zero-order chi connectivity index (χ0) is 16.0. The third-order valence-electron chi connectivity index (χ3n) is 3.44. The maximum atomic E-state index is 12.7. The van der Waals surface area contributed by atoms with E-state index in [1.165, 1.54) is 10.6 Å². The maximum absolute atomic E-state index is 12.7. The summed E-state index contributed by atoms with van der Waals surface area (Å²) >= 11 is 6.71. The van der Waals surface area contributed by atoms with Gasteiger partial charge in [0.1, 0.15) is 4.88 Å². The second-order valence-electron chi connectivity index (χ2n) is 4.68. The molecule has 0 saturated heterocycles. The number of hydrogen-bond acceptors (Lipinski definition) is 5. The third kappa shape index (κ3) is 2.06. The van der Waals surface area contributed by atoms with E-state index in [0.717, 1.165) is 16.7 Å². The highest BCUT2D eigenvalue weighted by Gasteiger charge is 2.24. The van der Waals surface area contributed by atoms with Gasteiger partial charge in [-0.1, -0.05) is 29.8 Å². The number of halogens is 1. The van der Waals surface area contributed by atoms with Crippen LogP contribution in [0.3, 0.4) is 0 Å². The molecule has 2 heterocycles. The first-order valence-corrected chi connectivity index (χ1v) is 7.45. The Kier molecular flexibility index (Phi) is 3.38. The molecule has 6 nitrogen and oxygen atoms in total. The third-order valence-corrected chi connectivity index (χ3v) is 4.77. The molecule has 0 radical (unpaired) electrons. The Labute approximate surface area is 133 Å². The van der Waals surface area contributed by atoms with Crippen LogP contribution in [0.1, 0.15) is 15.4 Å². The van der Waals surface area contributed by atoms with E-state index in [9.17, 15) is 14.9 Å². The Bertz CT molecular complexity index is 929. The minimum absolute atomic E-state index is 0.0181. The lowest BCUT2D eigenvalue weighted by molar-refractivity contribution is -0.384. The summed E-state index contributed by atoms with van der Waals surface area (Å²) in [7, 11) is 0. The van der Waals surface area contributed by atoms with Crippen molar-refractivity contribution in [3.8, 4) is 0 Å². The summed E-state index contributed by atoms with van der Waals surface area (Å²) in [5.74, 6) is -0.384. The van der Waals surface area contributed by atoms with Gasteiger partial charge in [0, 0.05) is 17.1 Å². The van der Waals surface area contributed by atoms with Crippen molar-refractivity contribution in [2.75, 3.05) is 5.73 Å². The summed E-state index contributed by atoms with van der Waals surface area (Å²) in [5, 5.41) is 11.6. The van der Waals surface area contributed by atoms with E-state index in [1.807, 2.05) is 12.1 Å². The van der Waals surface area contributed by atoms with Crippen LogP contribution in [0.15, 0.2) is 30.3 Å². The quantitative estimate of drug-likeness (QED) is 0.569. The summed E-state index contributed by atoms with van der Waals surface area (Å²) in [5.41, 5.74) is 7.54. The summed E-state index contributed by atoms with van der Waals surface area (Å²) < 4.78 is 1.44. The van der Waals surface area contributed by atoms with Crippen molar-refractivity contribution in [2.24, 2.45) is 0 Å². The van der Waals surface area contributed by atoms with Crippen LogP contribution >= 0.6 is 22.9 Å². The maximum Gasteiger partial charge on any atom is 0.299 e. The molecular weight excluding hydrogens is 326 g/mol. The lowest BCUT2D eigenvalue weighted by atomic mass is 10.2. The molecule has 0 bridgehead atoms. The summed E-state index contributed by atoms with van der Waals surface area (Å²) in [4.78, 5) is 23.2. The molecule has 0 aliphatic carbocycles. The van der Waals surface area contributed by atoms with Gasteiger partial charge in [0.15, 0.2) is 4.34 Å². The Morgan fingerprint density at radius 3 is 2.73 bits per heavy atom. The van der Waals surface area contributed by atoms with Crippen LogP contribution in [0.4, 0.5) is 11.4 Å². The van der Waals surface area contributed by atoms with Crippen molar-refractivity contribution in [3.05, 3.63) is 55.4 Å². The van der Waals surface area contributed by atoms with Crippen LogP contribution in [-0.4, -0.2) is 15.4 Å². The normalized spacial score (nSPS) is 11.0. The lowest BCUT2D eigenvalue weighted by Crippen LogP contribution is -2.12. The van der Waals surface area contributed by atoms with E-state index in [1.54, 1.807) is 19.1 Å². The summed E-state index contributed by atoms with van der Waals surface area (Å²) in [6.07, 6.45) is 0. The topological polar surface area (TPSA) is 91.2 Å². The summed E-state index contributed by atoms with van der Waals surface area (Å²) in [6.45, 7) is 1.73. The van der Waals surface area contributed by atoms with Crippen molar-refractivity contribution in [1.29, 1.82) is 0 Å². The number of hydrogen-bond donors (Lipinski definition) is 1. The number of carbonyl (C=O) groups excluding carboxylic acids is 1. The largest absolute Gasteiger partial charge is 0.397 e. The first kappa shape index (κ1) is 14.6. The zero-order valence-corrected chi connectivity index (χ0v) is 12.9. The number of nitrogens with zero attached hydrogens (tertiary/aromatic N) is 2. The average molecular weight is 336 g/mol. The SMILES string of the molecule is Cc1c(N)c2ccccc2n1C(=O)c1cc([N+](=O)[O-])c(Cl)s1. The van der Waals surface area contributed by atoms with Gasteiger partial charge in [-0.05, 0) is 13.0 Å². The van der Waals surface area contributed by atoms with E-state index in [2.05, 4.69) is 0 Å². The fourth-order valence-electron chi connectivity index (χ4n) is 2.35. The zero-order valence-electron chi connectivity index (χ0n) is 11.4. The number of fused-ring (bicyclic) bond motifs is 1. The van der Waals surface area contributed by atoms with E-state index in [4.69, 9.17) is 17.3 Å². The molecular formula is C14H10ClN3O3S. The molecule has 0 atom stereocenters. The van der Waals surface area contributed by atoms with E-state index >= 15 is 0 Å². The standard InChI is InChI=1S/C14H10ClN3O3S/c1-7-12(16)8-4-2-3-5-9(8)17(7)14(19)11-6-10(18(20)21)13(15)22-11/h2-6H,16H2,1H3. The molecule has 0 spiro atoms. The molecule has 0 amide bonds. The van der Waals surface area contributed by atoms with Crippen LogP contribution in [0.25, 0.3) is 10.9 Å². The second-order valence-corrected chi connectivity index (χ2v) is 6.34. The Morgan fingerprint density at radius 1 is 1.41 bits per heavy atom.